The number of nitrogen functional groups attached to an aromatic ring is 1. The summed E-state index contributed by atoms with van der Waals surface area (Å²) in [7, 11) is 0. The zero-order valence-corrected chi connectivity index (χ0v) is 15.4. The Morgan fingerprint density at radius 2 is 1.81 bits per heavy atom. The summed E-state index contributed by atoms with van der Waals surface area (Å²) in [5.74, 6) is 1.69. The molecule has 6 nitrogen and oxygen atoms in total. The fourth-order valence-electron chi connectivity index (χ4n) is 3.54. The summed E-state index contributed by atoms with van der Waals surface area (Å²) in [4.78, 5) is 0. The van der Waals surface area contributed by atoms with Gasteiger partial charge in [-0.15, -0.1) is 0 Å². The molecule has 27 heavy (non-hydrogen) atoms. The summed E-state index contributed by atoms with van der Waals surface area (Å²) < 4.78 is 17.4. The van der Waals surface area contributed by atoms with Crippen LogP contribution in [0.25, 0.3) is 0 Å². The van der Waals surface area contributed by atoms with Gasteiger partial charge in [0.05, 0.1) is 12.1 Å². The Hall–Kier alpha value is -2.28. The minimum Gasteiger partial charge on any atom is -0.492 e. The first-order chi connectivity index (χ1) is 13.3. The highest BCUT2D eigenvalue weighted by Crippen LogP contribution is 2.26. The maximum atomic E-state index is 5.92. The summed E-state index contributed by atoms with van der Waals surface area (Å²) in [5, 5.41) is 0. The van der Waals surface area contributed by atoms with Crippen molar-refractivity contribution >= 4 is 5.69 Å². The largest absolute Gasteiger partial charge is 0.492 e. The number of hydrazine groups is 1. The van der Waals surface area contributed by atoms with Crippen molar-refractivity contribution in [2.75, 3.05) is 25.6 Å². The number of anilines is 1. The molecule has 2 aromatic rings. The molecule has 2 heterocycles. The summed E-state index contributed by atoms with van der Waals surface area (Å²) in [6.45, 7) is 2.06. The first-order valence-electron chi connectivity index (χ1n) is 9.60. The fourth-order valence-corrected chi connectivity index (χ4v) is 3.54. The summed E-state index contributed by atoms with van der Waals surface area (Å²) in [6, 6.07) is 16.2. The lowest BCUT2D eigenvalue weighted by atomic mass is 10.0. The van der Waals surface area contributed by atoms with E-state index in [0.29, 0.717) is 18.9 Å². The Bertz CT molecular complexity index is 749. The predicted molar refractivity (Wildman–Crippen MR) is 105 cm³/mol. The molecule has 0 radical (unpaired) electrons. The number of hydrogen-bond acceptors (Lipinski definition) is 6. The van der Waals surface area contributed by atoms with Crippen LogP contribution >= 0.6 is 0 Å². The number of rotatable bonds is 7. The number of nitrogens with one attached hydrogen (secondary N) is 2. The molecule has 4 N–H and O–H groups in total. The van der Waals surface area contributed by atoms with Gasteiger partial charge in [-0.25, -0.2) is 5.43 Å². The number of ether oxygens (including phenoxy) is 3. The highest BCUT2D eigenvalue weighted by Gasteiger charge is 2.26. The molecule has 2 aromatic carbocycles. The number of benzene rings is 2. The maximum Gasteiger partial charge on any atom is 0.121 e. The van der Waals surface area contributed by atoms with Crippen molar-refractivity contribution in [1.82, 2.24) is 10.9 Å². The molecule has 0 aromatic heterocycles. The zero-order chi connectivity index (χ0) is 18.5. The molecule has 4 rings (SSSR count). The molecule has 0 aliphatic carbocycles. The molecule has 3 unspecified atom stereocenters. The van der Waals surface area contributed by atoms with Gasteiger partial charge in [-0.2, -0.15) is 0 Å². The molecule has 3 atom stereocenters. The minimum absolute atomic E-state index is 0.228. The van der Waals surface area contributed by atoms with Crippen LogP contribution in [0, 0.1) is 0 Å². The summed E-state index contributed by atoms with van der Waals surface area (Å²) >= 11 is 0. The normalized spacial score (nSPS) is 24.8. The third-order valence-corrected chi connectivity index (χ3v) is 5.01. The van der Waals surface area contributed by atoms with Crippen LogP contribution in [-0.2, 0) is 4.74 Å². The van der Waals surface area contributed by atoms with E-state index in [1.807, 2.05) is 36.4 Å². The van der Waals surface area contributed by atoms with Crippen molar-refractivity contribution in [1.29, 1.82) is 0 Å². The topological polar surface area (TPSA) is 77.8 Å². The van der Waals surface area contributed by atoms with Gasteiger partial charge in [0.1, 0.15) is 24.7 Å². The van der Waals surface area contributed by atoms with Gasteiger partial charge in [-0.05, 0) is 49.1 Å². The van der Waals surface area contributed by atoms with E-state index in [2.05, 4.69) is 23.0 Å². The van der Waals surface area contributed by atoms with E-state index >= 15 is 0 Å². The Balaban J connectivity index is 1.28. The zero-order valence-electron chi connectivity index (χ0n) is 15.4. The molecule has 6 heteroatoms. The van der Waals surface area contributed by atoms with Crippen molar-refractivity contribution < 1.29 is 14.2 Å². The Labute approximate surface area is 160 Å². The van der Waals surface area contributed by atoms with Crippen LogP contribution in [0.4, 0.5) is 5.69 Å². The van der Waals surface area contributed by atoms with Crippen molar-refractivity contribution in [3.8, 4) is 11.5 Å². The average Bonchev–Trinajstić information content (AvgIpc) is 3.37. The van der Waals surface area contributed by atoms with Crippen molar-refractivity contribution in [2.45, 2.75) is 37.5 Å². The molecule has 0 spiro atoms. The van der Waals surface area contributed by atoms with Gasteiger partial charge in [-0.1, -0.05) is 18.2 Å². The molecular formula is C21H27N3O3. The van der Waals surface area contributed by atoms with E-state index in [-0.39, 0.29) is 18.2 Å². The van der Waals surface area contributed by atoms with Gasteiger partial charge < -0.3 is 19.9 Å². The van der Waals surface area contributed by atoms with Crippen LogP contribution in [-0.4, -0.2) is 32.0 Å². The van der Waals surface area contributed by atoms with Crippen molar-refractivity contribution in [2.24, 2.45) is 0 Å². The molecular weight excluding hydrogens is 342 g/mol. The van der Waals surface area contributed by atoms with E-state index in [0.717, 1.165) is 37.4 Å². The molecule has 2 saturated heterocycles. The lowest BCUT2D eigenvalue weighted by Gasteiger charge is -2.14. The number of nitrogens with two attached hydrogens (primary N) is 1. The smallest absolute Gasteiger partial charge is 0.121 e. The SMILES string of the molecule is Nc1cccc(OCC2CC(c3cccc(OCC4CCCO4)c3)NN2)c1. The Morgan fingerprint density at radius 3 is 2.63 bits per heavy atom. The molecule has 0 saturated carbocycles. The quantitative estimate of drug-likeness (QED) is 0.652. The van der Waals surface area contributed by atoms with E-state index in [1.54, 1.807) is 0 Å². The predicted octanol–water partition coefficient (Wildman–Crippen LogP) is 2.81. The standard InChI is InChI=1S/C21H27N3O3/c22-16-5-2-7-19(11-16)26-13-17-12-21(24-23-17)15-4-1-6-18(10-15)27-14-20-8-3-9-25-20/h1-2,4-7,10-11,17,20-21,23-24H,3,8-9,12-14,22H2. The van der Waals surface area contributed by atoms with Gasteiger partial charge in [0.25, 0.3) is 0 Å². The van der Waals surface area contributed by atoms with Crippen LogP contribution in [0.3, 0.4) is 0 Å². The van der Waals surface area contributed by atoms with Gasteiger partial charge >= 0.3 is 0 Å². The van der Waals surface area contributed by atoms with Gasteiger partial charge in [0.15, 0.2) is 0 Å². The molecule has 144 valence electrons. The lowest BCUT2D eigenvalue weighted by Crippen LogP contribution is -2.34. The second-order valence-corrected chi connectivity index (χ2v) is 7.18. The molecule has 2 aliphatic rings. The van der Waals surface area contributed by atoms with Crippen LogP contribution in [0.2, 0.25) is 0 Å². The van der Waals surface area contributed by atoms with Crippen LogP contribution in [0.1, 0.15) is 30.9 Å². The van der Waals surface area contributed by atoms with Crippen LogP contribution < -0.4 is 26.1 Å². The summed E-state index contributed by atoms with van der Waals surface area (Å²) in [6.07, 6.45) is 3.39. The third kappa shape index (κ3) is 4.91. The average molecular weight is 369 g/mol. The van der Waals surface area contributed by atoms with Gasteiger partial charge in [-0.3, -0.25) is 5.43 Å². The first-order valence-corrected chi connectivity index (χ1v) is 9.60. The van der Waals surface area contributed by atoms with Gasteiger partial charge in [0, 0.05) is 24.4 Å². The Kier molecular flexibility index (Phi) is 5.77. The van der Waals surface area contributed by atoms with Crippen LogP contribution in [0.15, 0.2) is 48.5 Å². The van der Waals surface area contributed by atoms with E-state index < -0.39 is 0 Å². The molecule has 2 fully saturated rings. The van der Waals surface area contributed by atoms with Crippen LogP contribution in [0.5, 0.6) is 11.5 Å². The highest BCUT2D eigenvalue weighted by atomic mass is 16.5. The first kappa shape index (κ1) is 18.1. The summed E-state index contributed by atoms with van der Waals surface area (Å²) in [5.41, 5.74) is 14.4. The van der Waals surface area contributed by atoms with Crippen molar-refractivity contribution in [3.05, 3.63) is 54.1 Å². The fraction of sp³-hybridized carbons (Fsp3) is 0.429. The van der Waals surface area contributed by atoms with Gasteiger partial charge in [0.2, 0.25) is 0 Å². The number of hydrogen-bond donors (Lipinski definition) is 3. The Morgan fingerprint density at radius 1 is 1.00 bits per heavy atom. The lowest BCUT2D eigenvalue weighted by molar-refractivity contribution is 0.0679. The second kappa shape index (κ2) is 8.61. The molecule has 2 aliphatic heterocycles. The third-order valence-electron chi connectivity index (χ3n) is 5.01. The highest BCUT2D eigenvalue weighted by molar-refractivity contribution is 5.43. The van der Waals surface area contributed by atoms with E-state index in [9.17, 15) is 0 Å². The van der Waals surface area contributed by atoms with E-state index in [4.69, 9.17) is 19.9 Å². The monoisotopic (exact) mass is 369 g/mol. The van der Waals surface area contributed by atoms with E-state index in [1.165, 1.54) is 5.56 Å². The minimum atomic E-state index is 0.228. The maximum absolute atomic E-state index is 5.92. The molecule has 0 amide bonds. The molecule has 0 bridgehead atoms. The van der Waals surface area contributed by atoms with Crippen molar-refractivity contribution in [3.63, 3.8) is 0 Å². The second-order valence-electron chi connectivity index (χ2n) is 7.18.